The normalized spacial score (nSPS) is 10.3. The van der Waals surface area contributed by atoms with E-state index in [0.29, 0.717) is 0 Å². The van der Waals surface area contributed by atoms with Crippen molar-refractivity contribution in [3.05, 3.63) is 50.0 Å². The molecule has 1 aromatic carbocycles. The molecule has 20 heavy (non-hydrogen) atoms. The number of hydrogen-bond acceptors (Lipinski definition) is 5. The highest BCUT2D eigenvalue weighted by Crippen LogP contribution is 2.36. The van der Waals surface area contributed by atoms with Gasteiger partial charge in [-0.1, -0.05) is 29.3 Å². The fourth-order valence-corrected chi connectivity index (χ4v) is 1.89. The number of benzene rings is 1. The first-order valence-corrected chi connectivity index (χ1v) is 6.18. The topological polar surface area (TPSA) is 91.3 Å². The minimum absolute atomic E-state index is 0.0247. The van der Waals surface area contributed by atoms with Gasteiger partial charge in [0.1, 0.15) is 10.8 Å². The summed E-state index contributed by atoms with van der Waals surface area (Å²) in [7, 11) is 0. The van der Waals surface area contributed by atoms with E-state index in [1.54, 1.807) is 13.0 Å². The molecule has 0 radical (unpaired) electrons. The van der Waals surface area contributed by atoms with Crippen LogP contribution in [0, 0.1) is 17.0 Å². The molecule has 2 N–H and O–H groups in total. The van der Waals surface area contributed by atoms with E-state index in [9.17, 15) is 10.1 Å². The maximum absolute atomic E-state index is 11.0. The van der Waals surface area contributed by atoms with Crippen LogP contribution in [0.25, 0.3) is 0 Å². The van der Waals surface area contributed by atoms with E-state index in [-0.39, 0.29) is 33.2 Å². The molecule has 0 spiro atoms. The standard InChI is InChI=1S/C12H9Cl2N3O3/c1-6-2-3-10(9(4-6)17(18)19)20-12-8(14)5-7(13)11(15)16-12/h2-5H,1H3,(H2,15,16). The van der Waals surface area contributed by atoms with E-state index in [1.165, 1.54) is 18.2 Å². The summed E-state index contributed by atoms with van der Waals surface area (Å²) in [5, 5.41) is 11.3. The van der Waals surface area contributed by atoms with Gasteiger partial charge in [0.15, 0.2) is 0 Å². The second-order valence-corrected chi connectivity index (χ2v) is 4.79. The number of rotatable bonds is 3. The van der Waals surface area contributed by atoms with Crippen molar-refractivity contribution >= 4 is 34.7 Å². The lowest BCUT2D eigenvalue weighted by Crippen LogP contribution is -1.98. The summed E-state index contributed by atoms with van der Waals surface area (Å²) in [4.78, 5) is 14.3. The Bertz CT molecular complexity index is 692. The molecule has 0 amide bonds. The van der Waals surface area contributed by atoms with Gasteiger partial charge in [-0.05, 0) is 24.6 Å². The van der Waals surface area contributed by atoms with Crippen molar-refractivity contribution in [3.8, 4) is 11.6 Å². The largest absolute Gasteiger partial charge is 0.430 e. The van der Waals surface area contributed by atoms with Gasteiger partial charge < -0.3 is 10.5 Å². The second kappa shape index (κ2) is 5.52. The van der Waals surface area contributed by atoms with Crippen molar-refractivity contribution in [2.24, 2.45) is 0 Å². The average molecular weight is 314 g/mol. The van der Waals surface area contributed by atoms with E-state index in [1.807, 2.05) is 0 Å². The predicted molar refractivity (Wildman–Crippen MR) is 76.6 cm³/mol. The zero-order valence-corrected chi connectivity index (χ0v) is 11.8. The zero-order valence-electron chi connectivity index (χ0n) is 10.3. The number of nitrogen functional groups attached to an aromatic ring is 1. The van der Waals surface area contributed by atoms with Crippen LogP contribution in [0.2, 0.25) is 10.0 Å². The SMILES string of the molecule is Cc1ccc(Oc2nc(N)c(Cl)cc2Cl)c([N+](=O)[O-])c1. The predicted octanol–water partition coefficient (Wildman–Crippen LogP) is 3.98. The number of anilines is 1. The third-order valence-corrected chi connectivity index (χ3v) is 3.02. The van der Waals surface area contributed by atoms with Crippen molar-refractivity contribution in [1.82, 2.24) is 4.98 Å². The highest BCUT2D eigenvalue weighted by molar-refractivity contribution is 6.36. The van der Waals surface area contributed by atoms with Gasteiger partial charge in [-0.2, -0.15) is 4.98 Å². The Labute approximate surface area is 124 Å². The van der Waals surface area contributed by atoms with E-state index in [4.69, 9.17) is 33.7 Å². The summed E-state index contributed by atoms with van der Waals surface area (Å²) in [6.45, 7) is 1.74. The quantitative estimate of drug-likeness (QED) is 0.683. The van der Waals surface area contributed by atoms with Crippen LogP contribution in [0.1, 0.15) is 5.56 Å². The molecule has 0 aliphatic rings. The molecule has 0 aliphatic carbocycles. The van der Waals surface area contributed by atoms with Crippen LogP contribution in [-0.4, -0.2) is 9.91 Å². The third-order valence-electron chi connectivity index (χ3n) is 2.44. The Morgan fingerprint density at radius 2 is 2.00 bits per heavy atom. The molecule has 0 saturated carbocycles. The number of nitrogens with zero attached hydrogens (tertiary/aromatic N) is 2. The van der Waals surface area contributed by atoms with Crippen LogP contribution in [0.4, 0.5) is 11.5 Å². The maximum Gasteiger partial charge on any atom is 0.311 e. The first-order valence-electron chi connectivity index (χ1n) is 5.43. The van der Waals surface area contributed by atoms with Gasteiger partial charge in [0.05, 0.1) is 9.95 Å². The molecule has 2 aromatic rings. The van der Waals surface area contributed by atoms with Gasteiger partial charge >= 0.3 is 5.69 Å². The summed E-state index contributed by atoms with van der Waals surface area (Å²) in [5.74, 6) is 0.0121. The van der Waals surface area contributed by atoms with Crippen LogP contribution in [0.15, 0.2) is 24.3 Å². The smallest absolute Gasteiger partial charge is 0.311 e. The first kappa shape index (κ1) is 14.4. The van der Waals surface area contributed by atoms with Crippen LogP contribution in [0.5, 0.6) is 11.6 Å². The highest BCUT2D eigenvalue weighted by atomic mass is 35.5. The fraction of sp³-hybridized carbons (Fsp3) is 0.0833. The molecule has 1 heterocycles. The van der Waals surface area contributed by atoms with Crippen molar-refractivity contribution < 1.29 is 9.66 Å². The number of ether oxygens (including phenoxy) is 1. The Morgan fingerprint density at radius 1 is 1.30 bits per heavy atom. The fourth-order valence-electron chi connectivity index (χ4n) is 1.50. The Kier molecular flexibility index (Phi) is 3.96. The molecule has 0 unspecified atom stereocenters. The number of nitro groups is 1. The number of hydrogen-bond donors (Lipinski definition) is 1. The zero-order chi connectivity index (χ0) is 14.9. The maximum atomic E-state index is 11.0. The Morgan fingerprint density at radius 3 is 2.65 bits per heavy atom. The number of aryl methyl sites for hydroxylation is 1. The highest BCUT2D eigenvalue weighted by Gasteiger charge is 2.18. The van der Waals surface area contributed by atoms with Crippen molar-refractivity contribution in [1.29, 1.82) is 0 Å². The van der Waals surface area contributed by atoms with Gasteiger partial charge in [0.2, 0.25) is 11.6 Å². The van der Waals surface area contributed by atoms with Gasteiger partial charge in [0.25, 0.3) is 0 Å². The van der Waals surface area contributed by atoms with Gasteiger partial charge in [-0.3, -0.25) is 10.1 Å². The third kappa shape index (κ3) is 2.92. The molecule has 0 fully saturated rings. The lowest BCUT2D eigenvalue weighted by Gasteiger charge is -2.08. The molecule has 0 bridgehead atoms. The molecule has 104 valence electrons. The monoisotopic (exact) mass is 313 g/mol. The lowest BCUT2D eigenvalue weighted by atomic mass is 10.2. The molecule has 0 atom stereocenters. The van der Waals surface area contributed by atoms with E-state index < -0.39 is 4.92 Å². The van der Waals surface area contributed by atoms with Crippen LogP contribution >= 0.6 is 23.2 Å². The molecular weight excluding hydrogens is 305 g/mol. The van der Waals surface area contributed by atoms with Crippen LogP contribution in [0.3, 0.4) is 0 Å². The molecular formula is C12H9Cl2N3O3. The molecule has 0 aliphatic heterocycles. The summed E-state index contributed by atoms with van der Waals surface area (Å²) in [5.41, 5.74) is 6.10. The van der Waals surface area contributed by atoms with Crippen molar-refractivity contribution in [2.75, 3.05) is 5.73 Å². The minimum atomic E-state index is -0.546. The number of nitrogens with two attached hydrogens (primary N) is 1. The minimum Gasteiger partial charge on any atom is -0.430 e. The average Bonchev–Trinajstić information content (AvgIpc) is 2.37. The molecule has 1 aromatic heterocycles. The van der Waals surface area contributed by atoms with E-state index in [0.717, 1.165) is 5.56 Å². The summed E-state index contributed by atoms with van der Waals surface area (Å²) in [6, 6.07) is 5.90. The summed E-state index contributed by atoms with van der Waals surface area (Å²) < 4.78 is 5.37. The number of aromatic nitrogens is 1. The van der Waals surface area contributed by atoms with Gasteiger partial charge in [-0.25, -0.2) is 0 Å². The Hall–Kier alpha value is -2.05. The molecule has 8 heteroatoms. The molecule has 6 nitrogen and oxygen atoms in total. The van der Waals surface area contributed by atoms with Crippen LogP contribution in [-0.2, 0) is 0 Å². The number of halogens is 2. The summed E-state index contributed by atoms with van der Waals surface area (Å²) >= 11 is 11.7. The second-order valence-electron chi connectivity index (χ2n) is 3.97. The summed E-state index contributed by atoms with van der Waals surface area (Å²) in [6.07, 6.45) is 0. The van der Waals surface area contributed by atoms with E-state index >= 15 is 0 Å². The Balaban J connectivity index is 2.45. The molecule has 0 saturated heterocycles. The van der Waals surface area contributed by atoms with E-state index in [2.05, 4.69) is 4.98 Å². The number of pyridine rings is 1. The first-order chi connectivity index (χ1) is 9.38. The lowest BCUT2D eigenvalue weighted by molar-refractivity contribution is -0.385. The van der Waals surface area contributed by atoms with Gasteiger partial charge in [-0.15, -0.1) is 0 Å². The van der Waals surface area contributed by atoms with Crippen molar-refractivity contribution in [3.63, 3.8) is 0 Å². The van der Waals surface area contributed by atoms with Crippen LogP contribution < -0.4 is 10.5 Å². The number of nitro benzene ring substituents is 1. The molecule has 2 rings (SSSR count). The van der Waals surface area contributed by atoms with Crippen molar-refractivity contribution in [2.45, 2.75) is 6.92 Å². The van der Waals surface area contributed by atoms with Gasteiger partial charge in [0, 0.05) is 6.07 Å².